The highest BCUT2D eigenvalue weighted by molar-refractivity contribution is 5.94. The first-order valence-electron chi connectivity index (χ1n) is 10.6. The number of likely N-dealkylation sites (tertiary alicyclic amines) is 1. The molecule has 4 nitrogen and oxygen atoms in total. The third-order valence-electron chi connectivity index (χ3n) is 6.88. The Kier molecular flexibility index (Phi) is 5.30. The van der Waals surface area contributed by atoms with Crippen LogP contribution in [-0.2, 0) is 0 Å². The first kappa shape index (κ1) is 18.0. The van der Waals surface area contributed by atoms with Gasteiger partial charge in [0.1, 0.15) is 0 Å². The SMILES string of the molecule is CC(C)CC[C@H]1[C@H]2C[C@H](CN(C(=O)c3ccncc3)C2)[C@@H]2CCCCN21. The number of nitrogens with zero attached hydrogens (tertiary/aromatic N) is 3. The summed E-state index contributed by atoms with van der Waals surface area (Å²) in [5.41, 5.74) is 0.791. The zero-order chi connectivity index (χ0) is 18.1. The van der Waals surface area contributed by atoms with Gasteiger partial charge in [0.15, 0.2) is 0 Å². The van der Waals surface area contributed by atoms with Crippen molar-refractivity contribution in [3.05, 3.63) is 30.1 Å². The third kappa shape index (κ3) is 3.53. The zero-order valence-electron chi connectivity index (χ0n) is 16.3. The van der Waals surface area contributed by atoms with Gasteiger partial charge >= 0.3 is 0 Å². The number of fused-ring (bicyclic) bond motifs is 4. The van der Waals surface area contributed by atoms with E-state index in [1.54, 1.807) is 12.4 Å². The lowest BCUT2D eigenvalue weighted by molar-refractivity contribution is -0.0681. The first-order chi connectivity index (χ1) is 12.6. The van der Waals surface area contributed by atoms with Crippen LogP contribution in [-0.4, -0.2) is 52.4 Å². The topological polar surface area (TPSA) is 36.4 Å². The Morgan fingerprint density at radius 2 is 1.96 bits per heavy atom. The quantitative estimate of drug-likeness (QED) is 0.823. The second-order valence-corrected chi connectivity index (χ2v) is 9.04. The van der Waals surface area contributed by atoms with Gasteiger partial charge in [-0.2, -0.15) is 0 Å². The van der Waals surface area contributed by atoms with E-state index in [2.05, 4.69) is 28.6 Å². The highest BCUT2D eigenvalue weighted by Crippen LogP contribution is 2.43. The molecule has 4 atom stereocenters. The minimum atomic E-state index is 0.203. The molecule has 0 aromatic carbocycles. The summed E-state index contributed by atoms with van der Waals surface area (Å²) < 4.78 is 0. The molecule has 3 saturated heterocycles. The molecular weight excluding hydrogens is 322 g/mol. The van der Waals surface area contributed by atoms with Gasteiger partial charge in [0.05, 0.1) is 0 Å². The smallest absolute Gasteiger partial charge is 0.253 e. The predicted molar refractivity (Wildman–Crippen MR) is 104 cm³/mol. The molecule has 142 valence electrons. The molecule has 1 amide bonds. The minimum absolute atomic E-state index is 0.203. The van der Waals surface area contributed by atoms with E-state index < -0.39 is 0 Å². The van der Waals surface area contributed by atoms with Crippen LogP contribution in [0, 0.1) is 17.8 Å². The molecule has 3 aliphatic rings. The largest absolute Gasteiger partial charge is 0.338 e. The van der Waals surface area contributed by atoms with E-state index in [1.807, 2.05) is 12.1 Å². The lowest BCUT2D eigenvalue weighted by atomic mass is 9.71. The molecule has 3 fully saturated rings. The molecule has 3 aliphatic heterocycles. The van der Waals surface area contributed by atoms with Gasteiger partial charge in [-0.05, 0) is 68.5 Å². The second-order valence-electron chi connectivity index (χ2n) is 9.04. The third-order valence-corrected chi connectivity index (χ3v) is 6.88. The fourth-order valence-electron chi connectivity index (χ4n) is 5.65. The summed E-state index contributed by atoms with van der Waals surface area (Å²) in [5.74, 6) is 2.27. The number of hydrogen-bond acceptors (Lipinski definition) is 3. The van der Waals surface area contributed by atoms with Crippen molar-refractivity contribution in [2.45, 2.75) is 64.5 Å². The van der Waals surface area contributed by atoms with Crippen molar-refractivity contribution < 1.29 is 4.79 Å². The van der Waals surface area contributed by atoms with Crippen molar-refractivity contribution in [3.63, 3.8) is 0 Å². The molecule has 4 heterocycles. The number of carbonyl (C=O) groups excluding carboxylic acids is 1. The van der Waals surface area contributed by atoms with Crippen molar-refractivity contribution in [3.8, 4) is 0 Å². The van der Waals surface area contributed by atoms with E-state index >= 15 is 0 Å². The van der Waals surface area contributed by atoms with Gasteiger partial charge in [0.25, 0.3) is 5.91 Å². The lowest BCUT2D eigenvalue weighted by Crippen LogP contribution is -2.64. The van der Waals surface area contributed by atoms with E-state index in [9.17, 15) is 4.79 Å². The molecule has 4 rings (SSSR count). The number of amides is 1. The number of hydrogen-bond donors (Lipinski definition) is 0. The van der Waals surface area contributed by atoms with E-state index in [0.717, 1.165) is 24.6 Å². The number of rotatable bonds is 4. The van der Waals surface area contributed by atoms with Crippen LogP contribution in [0.4, 0.5) is 0 Å². The standard InChI is InChI=1S/C22H33N3O/c1-16(2)6-7-21-19-13-18(20-5-3-4-12-25(20)21)14-24(15-19)22(26)17-8-10-23-11-9-17/h8-11,16,18-21H,3-7,12-15H2,1-2H3/t18-,19+,20+,21+/m1/s1. The zero-order valence-corrected chi connectivity index (χ0v) is 16.3. The maximum Gasteiger partial charge on any atom is 0.253 e. The number of aromatic nitrogens is 1. The average Bonchev–Trinajstić information content (AvgIpc) is 2.67. The van der Waals surface area contributed by atoms with Crippen LogP contribution < -0.4 is 0 Å². The van der Waals surface area contributed by atoms with E-state index in [-0.39, 0.29) is 5.91 Å². The van der Waals surface area contributed by atoms with Crippen LogP contribution in [0.25, 0.3) is 0 Å². The summed E-state index contributed by atoms with van der Waals surface area (Å²) in [6.45, 7) is 7.82. The summed E-state index contributed by atoms with van der Waals surface area (Å²) in [6.07, 6.45) is 11.4. The molecule has 0 N–H and O–H groups in total. The molecule has 1 aromatic heterocycles. The fourth-order valence-corrected chi connectivity index (χ4v) is 5.65. The molecule has 0 saturated carbocycles. The van der Waals surface area contributed by atoms with Crippen molar-refractivity contribution in [2.75, 3.05) is 19.6 Å². The van der Waals surface area contributed by atoms with Crippen LogP contribution in [0.1, 0.15) is 62.7 Å². The van der Waals surface area contributed by atoms with Crippen molar-refractivity contribution in [1.29, 1.82) is 0 Å². The first-order valence-corrected chi connectivity index (χ1v) is 10.6. The van der Waals surface area contributed by atoms with Crippen LogP contribution >= 0.6 is 0 Å². The highest BCUT2D eigenvalue weighted by atomic mass is 16.2. The Hall–Kier alpha value is -1.42. The summed E-state index contributed by atoms with van der Waals surface area (Å²) >= 11 is 0. The molecule has 0 unspecified atom stereocenters. The van der Waals surface area contributed by atoms with E-state index in [4.69, 9.17) is 0 Å². The van der Waals surface area contributed by atoms with Crippen molar-refractivity contribution >= 4 is 5.91 Å². The van der Waals surface area contributed by atoms with Crippen molar-refractivity contribution in [2.24, 2.45) is 17.8 Å². The number of piperidine rings is 3. The molecule has 1 aromatic rings. The van der Waals surface area contributed by atoms with Crippen LogP contribution in [0.5, 0.6) is 0 Å². The second kappa shape index (κ2) is 7.67. The highest BCUT2D eigenvalue weighted by Gasteiger charge is 2.47. The average molecular weight is 356 g/mol. The van der Waals surface area contributed by atoms with Crippen molar-refractivity contribution in [1.82, 2.24) is 14.8 Å². The Labute approximate surface area is 158 Å². The van der Waals surface area contributed by atoms with Gasteiger partial charge < -0.3 is 4.90 Å². The molecule has 0 aliphatic carbocycles. The van der Waals surface area contributed by atoms with E-state index in [0.29, 0.717) is 23.9 Å². The van der Waals surface area contributed by atoms with Gasteiger partial charge in [-0.3, -0.25) is 14.7 Å². The Morgan fingerprint density at radius 3 is 2.73 bits per heavy atom. The van der Waals surface area contributed by atoms with E-state index in [1.165, 1.54) is 45.1 Å². The molecule has 26 heavy (non-hydrogen) atoms. The lowest BCUT2D eigenvalue weighted by Gasteiger charge is -2.57. The van der Waals surface area contributed by atoms with Gasteiger partial charge in [-0.1, -0.05) is 20.3 Å². The van der Waals surface area contributed by atoms with Gasteiger partial charge in [0.2, 0.25) is 0 Å². The summed E-state index contributed by atoms with van der Waals surface area (Å²) in [6, 6.07) is 5.09. The predicted octanol–water partition coefficient (Wildman–Crippen LogP) is 3.83. The van der Waals surface area contributed by atoms with Crippen LogP contribution in [0.15, 0.2) is 24.5 Å². The maximum absolute atomic E-state index is 13.0. The summed E-state index contributed by atoms with van der Waals surface area (Å²) in [5, 5.41) is 0. The number of pyridine rings is 1. The van der Waals surface area contributed by atoms with Gasteiger partial charge in [-0.25, -0.2) is 0 Å². The summed E-state index contributed by atoms with van der Waals surface area (Å²) in [7, 11) is 0. The van der Waals surface area contributed by atoms with Gasteiger partial charge in [-0.15, -0.1) is 0 Å². The monoisotopic (exact) mass is 355 g/mol. The molecule has 0 spiro atoms. The Morgan fingerprint density at radius 1 is 1.19 bits per heavy atom. The van der Waals surface area contributed by atoms with Crippen LogP contribution in [0.2, 0.25) is 0 Å². The minimum Gasteiger partial charge on any atom is -0.338 e. The molecule has 2 bridgehead atoms. The molecule has 4 heteroatoms. The number of carbonyl (C=O) groups is 1. The summed E-state index contributed by atoms with van der Waals surface area (Å²) in [4.78, 5) is 22.1. The van der Waals surface area contributed by atoms with Crippen LogP contribution in [0.3, 0.4) is 0 Å². The van der Waals surface area contributed by atoms with Gasteiger partial charge in [0, 0.05) is 43.1 Å². The molecule has 0 radical (unpaired) electrons. The Balaban J connectivity index is 1.54. The fraction of sp³-hybridized carbons (Fsp3) is 0.727. The molecular formula is C22H33N3O. The maximum atomic E-state index is 13.0. The Bertz CT molecular complexity index is 617. The normalized spacial score (nSPS) is 31.7.